The van der Waals surface area contributed by atoms with Crippen molar-refractivity contribution in [3.63, 3.8) is 0 Å². The van der Waals surface area contributed by atoms with Gasteiger partial charge in [-0.2, -0.15) is 4.98 Å². The Bertz CT molecular complexity index is 1120. The van der Waals surface area contributed by atoms with Gasteiger partial charge in [-0.3, -0.25) is 4.79 Å². The first-order valence-corrected chi connectivity index (χ1v) is 8.15. The average molecular weight is 330 g/mol. The van der Waals surface area contributed by atoms with Crippen molar-refractivity contribution >= 4 is 11.1 Å². The second-order valence-electron chi connectivity index (χ2n) is 6.00. The average Bonchev–Trinajstić information content (AvgIpc) is 3.06. The normalized spacial score (nSPS) is 12.6. The van der Waals surface area contributed by atoms with Crippen LogP contribution in [0.3, 0.4) is 0 Å². The van der Waals surface area contributed by atoms with Crippen LogP contribution in [0.4, 0.5) is 0 Å². The van der Waals surface area contributed by atoms with Crippen LogP contribution in [0.5, 0.6) is 11.8 Å². The molecule has 1 aliphatic heterocycles. The Kier molecular flexibility index (Phi) is 3.00. The molecule has 5 rings (SSSR count). The van der Waals surface area contributed by atoms with Crippen LogP contribution >= 0.6 is 0 Å². The molecule has 0 unspecified atom stereocenters. The van der Waals surface area contributed by atoms with Gasteiger partial charge in [0.2, 0.25) is 0 Å². The topological polar surface area (TPSA) is 57.3 Å². The van der Waals surface area contributed by atoms with Crippen molar-refractivity contribution in [2.24, 2.45) is 0 Å². The van der Waals surface area contributed by atoms with Crippen molar-refractivity contribution in [3.05, 3.63) is 76.6 Å². The van der Waals surface area contributed by atoms with Crippen LogP contribution in [0, 0.1) is 0 Å². The van der Waals surface area contributed by atoms with Crippen molar-refractivity contribution in [1.29, 1.82) is 0 Å². The Balaban J connectivity index is 1.57. The third kappa shape index (κ3) is 2.24. The lowest BCUT2D eigenvalue weighted by Crippen LogP contribution is -2.26. The summed E-state index contributed by atoms with van der Waals surface area (Å²) < 4.78 is 12.9. The maximum Gasteiger partial charge on any atom is 0.400 e. The number of aromatic nitrogens is 2. The predicted molar refractivity (Wildman–Crippen MR) is 93.9 cm³/mol. The molecule has 0 spiro atoms. The SMILES string of the molecule is O=c1c(Oc2nc3ccccc3o2)ccc2n1CCc1ccccc1-2. The Morgan fingerprint density at radius 3 is 2.76 bits per heavy atom. The van der Waals surface area contributed by atoms with E-state index in [1.807, 2.05) is 48.5 Å². The van der Waals surface area contributed by atoms with Crippen molar-refractivity contribution in [1.82, 2.24) is 9.55 Å². The van der Waals surface area contributed by atoms with E-state index < -0.39 is 0 Å². The number of benzene rings is 2. The molecule has 5 heteroatoms. The van der Waals surface area contributed by atoms with Crippen LogP contribution in [-0.2, 0) is 13.0 Å². The van der Waals surface area contributed by atoms with Crippen molar-refractivity contribution in [2.75, 3.05) is 0 Å². The van der Waals surface area contributed by atoms with Gasteiger partial charge in [0.25, 0.3) is 5.56 Å². The number of oxazole rings is 1. The largest absolute Gasteiger partial charge is 0.409 e. The van der Waals surface area contributed by atoms with E-state index in [0.29, 0.717) is 17.6 Å². The first kappa shape index (κ1) is 14.0. The number of hydrogen-bond donors (Lipinski definition) is 0. The molecular weight excluding hydrogens is 316 g/mol. The third-order valence-corrected chi connectivity index (χ3v) is 4.51. The Morgan fingerprint density at radius 1 is 1.00 bits per heavy atom. The molecule has 4 aromatic rings. The second kappa shape index (κ2) is 5.34. The first-order chi connectivity index (χ1) is 12.3. The van der Waals surface area contributed by atoms with E-state index in [1.54, 1.807) is 10.6 Å². The number of para-hydroxylation sites is 2. The number of ether oxygens (including phenoxy) is 1. The molecule has 3 heterocycles. The van der Waals surface area contributed by atoms with Crippen molar-refractivity contribution in [2.45, 2.75) is 13.0 Å². The molecule has 0 atom stereocenters. The fourth-order valence-electron chi connectivity index (χ4n) is 3.30. The molecule has 0 aliphatic carbocycles. The zero-order valence-corrected chi connectivity index (χ0v) is 13.3. The molecule has 0 saturated carbocycles. The quantitative estimate of drug-likeness (QED) is 0.557. The molecule has 0 saturated heterocycles. The molecule has 122 valence electrons. The second-order valence-corrected chi connectivity index (χ2v) is 6.00. The molecule has 0 bridgehead atoms. The smallest absolute Gasteiger partial charge is 0.400 e. The molecule has 5 nitrogen and oxygen atoms in total. The number of rotatable bonds is 2. The zero-order valence-electron chi connectivity index (χ0n) is 13.3. The molecule has 0 amide bonds. The van der Waals surface area contributed by atoms with Crippen LogP contribution in [0.15, 0.2) is 69.9 Å². The summed E-state index contributed by atoms with van der Waals surface area (Å²) in [7, 11) is 0. The highest BCUT2D eigenvalue weighted by Crippen LogP contribution is 2.30. The van der Waals surface area contributed by atoms with E-state index >= 15 is 0 Å². The number of hydrogen-bond acceptors (Lipinski definition) is 4. The van der Waals surface area contributed by atoms with E-state index in [9.17, 15) is 4.79 Å². The molecule has 0 N–H and O–H groups in total. The Hall–Kier alpha value is -3.34. The van der Waals surface area contributed by atoms with Crippen LogP contribution in [0.25, 0.3) is 22.4 Å². The fourth-order valence-corrected chi connectivity index (χ4v) is 3.30. The van der Waals surface area contributed by atoms with Crippen LogP contribution in [0.2, 0.25) is 0 Å². The number of fused-ring (bicyclic) bond motifs is 4. The lowest BCUT2D eigenvalue weighted by molar-refractivity contribution is 0.337. The molecular formula is C20H14N2O3. The van der Waals surface area contributed by atoms with Crippen molar-refractivity contribution < 1.29 is 9.15 Å². The van der Waals surface area contributed by atoms with Crippen LogP contribution in [0.1, 0.15) is 5.56 Å². The maximum absolute atomic E-state index is 12.8. The van der Waals surface area contributed by atoms with Gasteiger partial charge < -0.3 is 13.7 Å². The van der Waals surface area contributed by atoms with Crippen LogP contribution < -0.4 is 10.3 Å². The summed E-state index contributed by atoms with van der Waals surface area (Å²) in [4.78, 5) is 17.1. The number of aryl methyl sites for hydroxylation is 1. The molecule has 25 heavy (non-hydrogen) atoms. The van der Waals surface area contributed by atoms with Gasteiger partial charge >= 0.3 is 6.08 Å². The Labute approximate surface area is 143 Å². The fraction of sp³-hybridized carbons (Fsp3) is 0.100. The van der Waals surface area contributed by atoms with E-state index in [0.717, 1.165) is 17.7 Å². The molecule has 2 aromatic heterocycles. The summed E-state index contributed by atoms with van der Waals surface area (Å²) in [5.74, 6) is 0.217. The summed E-state index contributed by atoms with van der Waals surface area (Å²) in [6.07, 6.45) is 0.908. The molecule has 0 radical (unpaired) electrons. The van der Waals surface area contributed by atoms with Gasteiger partial charge in [0.05, 0.1) is 5.69 Å². The summed E-state index contributed by atoms with van der Waals surface area (Å²) in [6.45, 7) is 0.635. The maximum atomic E-state index is 12.8. The summed E-state index contributed by atoms with van der Waals surface area (Å²) in [5.41, 5.74) is 4.42. The first-order valence-electron chi connectivity index (χ1n) is 8.15. The van der Waals surface area contributed by atoms with E-state index in [2.05, 4.69) is 11.1 Å². The lowest BCUT2D eigenvalue weighted by atomic mass is 9.97. The number of pyridine rings is 1. The lowest BCUT2D eigenvalue weighted by Gasteiger charge is -2.21. The molecule has 2 aromatic carbocycles. The molecule has 1 aliphatic rings. The summed E-state index contributed by atoms with van der Waals surface area (Å²) in [6, 6.07) is 19.1. The monoisotopic (exact) mass is 330 g/mol. The minimum Gasteiger partial charge on any atom is -0.409 e. The van der Waals surface area contributed by atoms with E-state index in [4.69, 9.17) is 9.15 Å². The highest BCUT2D eigenvalue weighted by Gasteiger charge is 2.19. The highest BCUT2D eigenvalue weighted by atomic mass is 16.6. The zero-order chi connectivity index (χ0) is 16.8. The molecule has 0 fully saturated rings. The third-order valence-electron chi connectivity index (χ3n) is 4.51. The Morgan fingerprint density at radius 2 is 1.84 bits per heavy atom. The standard InChI is InChI=1S/C20H14N2O3/c23-19-18(25-20-21-15-7-3-4-8-17(15)24-20)10-9-16-14-6-2-1-5-13(14)11-12-22(16)19/h1-10H,11-12H2. The van der Waals surface area contributed by atoms with Crippen molar-refractivity contribution in [3.8, 4) is 23.1 Å². The van der Waals surface area contributed by atoms with Gasteiger partial charge in [-0.15, -0.1) is 0 Å². The van der Waals surface area contributed by atoms with Gasteiger partial charge in [0.1, 0.15) is 5.52 Å². The van der Waals surface area contributed by atoms with Gasteiger partial charge in [-0.25, -0.2) is 0 Å². The highest BCUT2D eigenvalue weighted by molar-refractivity contribution is 5.72. The predicted octanol–water partition coefficient (Wildman–Crippen LogP) is 4.00. The minimum absolute atomic E-state index is 0.0788. The van der Waals surface area contributed by atoms with Gasteiger partial charge in [0.15, 0.2) is 11.3 Å². The van der Waals surface area contributed by atoms with Gasteiger partial charge in [-0.05, 0) is 36.2 Å². The van der Waals surface area contributed by atoms with Gasteiger partial charge in [0, 0.05) is 12.1 Å². The van der Waals surface area contributed by atoms with E-state index in [1.165, 1.54) is 5.56 Å². The summed E-state index contributed by atoms with van der Waals surface area (Å²) in [5, 5.41) is 0. The van der Waals surface area contributed by atoms with E-state index in [-0.39, 0.29) is 17.4 Å². The van der Waals surface area contributed by atoms with Gasteiger partial charge in [-0.1, -0.05) is 36.4 Å². The summed E-state index contributed by atoms with van der Waals surface area (Å²) >= 11 is 0. The van der Waals surface area contributed by atoms with Crippen LogP contribution in [-0.4, -0.2) is 9.55 Å². The minimum atomic E-state index is -0.172. The number of nitrogens with zero attached hydrogens (tertiary/aromatic N) is 2.